The quantitative estimate of drug-likeness (QED) is 0.799. The number of hydrogen-bond donors (Lipinski definition) is 0. The van der Waals surface area contributed by atoms with Crippen molar-refractivity contribution in [3.05, 3.63) is 47.3 Å². The second-order valence-corrected chi connectivity index (χ2v) is 4.49. The third-order valence-corrected chi connectivity index (χ3v) is 3.10. The van der Waals surface area contributed by atoms with Crippen LogP contribution in [0.2, 0.25) is 0 Å². The normalized spacial score (nSPS) is 12.7. The lowest BCUT2D eigenvalue weighted by Crippen LogP contribution is -2.01. The van der Waals surface area contributed by atoms with Crippen LogP contribution in [0.1, 0.15) is 30.0 Å². The molecule has 0 N–H and O–H groups in total. The van der Waals surface area contributed by atoms with Crippen LogP contribution in [0.5, 0.6) is 0 Å². The number of rotatable bonds is 4. The van der Waals surface area contributed by atoms with Crippen LogP contribution < -0.4 is 0 Å². The molecular weight excluding hydrogens is 260 g/mol. The lowest BCUT2D eigenvalue weighted by atomic mass is 10.2. The van der Waals surface area contributed by atoms with E-state index in [0.717, 1.165) is 18.6 Å². The summed E-state index contributed by atoms with van der Waals surface area (Å²) in [6.45, 7) is 2.28. The van der Waals surface area contributed by atoms with Crippen LogP contribution in [0.4, 0.5) is 8.78 Å². The minimum atomic E-state index is -0.864. The lowest BCUT2D eigenvalue weighted by molar-refractivity contribution is 0.505. The highest BCUT2D eigenvalue weighted by Gasteiger charge is 2.10. The van der Waals surface area contributed by atoms with Crippen molar-refractivity contribution in [3.63, 3.8) is 0 Å². The molecule has 0 spiro atoms. The molecule has 0 saturated heterocycles. The fourth-order valence-corrected chi connectivity index (χ4v) is 1.67. The van der Waals surface area contributed by atoms with Gasteiger partial charge in [-0.25, -0.2) is 13.5 Å². The van der Waals surface area contributed by atoms with Gasteiger partial charge in [-0.1, -0.05) is 18.2 Å². The summed E-state index contributed by atoms with van der Waals surface area (Å²) in [5.41, 5.74) is 1.30. The van der Waals surface area contributed by atoms with Gasteiger partial charge in [-0.15, -0.1) is 16.7 Å². The number of halogens is 3. The summed E-state index contributed by atoms with van der Waals surface area (Å²) in [4.78, 5) is 0. The van der Waals surface area contributed by atoms with Gasteiger partial charge in [-0.3, -0.25) is 0 Å². The van der Waals surface area contributed by atoms with Crippen LogP contribution in [0.25, 0.3) is 0 Å². The van der Waals surface area contributed by atoms with Gasteiger partial charge in [0.15, 0.2) is 11.6 Å². The first kappa shape index (κ1) is 13.0. The predicted octanol–water partition coefficient (Wildman–Crippen LogP) is 3.29. The second-order valence-electron chi connectivity index (χ2n) is 3.97. The van der Waals surface area contributed by atoms with Crippen LogP contribution >= 0.6 is 11.6 Å². The monoisotopic (exact) mass is 271 g/mol. The molecule has 1 unspecified atom stereocenters. The van der Waals surface area contributed by atoms with Crippen molar-refractivity contribution in [3.8, 4) is 0 Å². The van der Waals surface area contributed by atoms with Gasteiger partial charge in [-0.2, -0.15) is 0 Å². The van der Waals surface area contributed by atoms with Gasteiger partial charge in [0.2, 0.25) is 0 Å². The van der Waals surface area contributed by atoms with E-state index in [2.05, 4.69) is 10.3 Å². The van der Waals surface area contributed by atoms with E-state index in [1.54, 1.807) is 10.9 Å². The third kappa shape index (κ3) is 2.85. The maximum atomic E-state index is 13.0. The Kier molecular flexibility index (Phi) is 3.91. The molecule has 2 aromatic rings. The lowest BCUT2D eigenvalue weighted by Gasteiger charge is -2.02. The number of alkyl halides is 1. The summed E-state index contributed by atoms with van der Waals surface area (Å²) >= 11 is 6.03. The topological polar surface area (TPSA) is 30.7 Å². The van der Waals surface area contributed by atoms with Gasteiger partial charge in [0.25, 0.3) is 0 Å². The summed E-state index contributed by atoms with van der Waals surface area (Å²) in [6, 6.07) is 3.76. The van der Waals surface area contributed by atoms with Crippen molar-refractivity contribution in [2.24, 2.45) is 0 Å². The summed E-state index contributed by atoms with van der Waals surface area (Å²) in [6.07, 6.45) is 2.47. The molecule has 0 amide bonds. The Hall–Kier alpha value is -1.49. The number of aromatic nitrogens is 3. The van der Waals surface area contributed by atoms with E-state index in [1.165, 1.54) is 6.07 Å². The molecule has 1 aromatic carbocycles. The predicted molar refractivity (Wildman–Crippen MR) is 64.4 cm³/mol. The van der Waals surface area contributed by atoms with Crippen molar-refractivity contribution >= 4 is 11.6 Å². The zero-order valence-electron chi connectivity index (χ0n) is 9.78. The van der Waals surface area contributed by atoms with Crippen LogP contribution in [-0.2, 0) is 6.54 Å². The summed E-state index contributed by atoms with van der Waals surface area (Å²) in [7, 11) is 0. The SMILES string of the molecule is CCC(Cl)c1cn(Cc2ccc(F)c(F)c2)nn1. The molecule has 6 heteroatoms. The smallest absolute Gasteiger partial charge is 0.159 e. The van der Waals surface area contributed by atoms with Crippen molar-refractivity contribution in [2.45, 2.75) is 25.3 Å². The Labute approximate surface area is 108 Å². The minimum Gasteiger partial charge on any atom is -0.248 e. The maximum absolute atomic E-state index is 13.0. The molecule has 0 radical (unpaired) electrons. The largest absolute Gasteiger partial charge is 0.248 e. The molecule has 0 aliphatic rings. The summed E-state index contributed by atoms with van der Waals surface area (Å²) < 4.78 is 27.3. The molecule has 1 heterocycles. The molecule has 1 atom stereocenters. The summed E-state index contributed by atoms with van der Waals surface area (Å²) in [5.74, 6) is -1.72. The van der Waals surface area contributed by atoms with Gasteiger partial charge < -0.3 is 0 Å². The highest BCUT2D eigenvalue weighted by molar-refractivity contribution is 6.20. The van der Waals surface area contributed by atoms with E-state index < -0.39 is 11.6 Å². The van der Waals surface area contributed by atoms with E-state index >= 15 is 0 Å². The number of nitrogens with zero attached hydrogens (tertiary/aromatic N) is 3. The molecule has 2 rings (SSSR count). The zero-order chi connectivity index (χ0) is 13.1. The molecule has 0 saturated carbocycles. The van der Waals surface area contributed by atoms with Crippen molar-refractivity contribution in [1.82, 2.24) is 15.0 Å². The van der Waals surface area contributed by atoms with Gasteiger partial charge in [0, 0.05) is 0 Å². The number of hydrogen-bond acceptors (Lipinski definition) is 2. The van der Waals surface area contributed by atoms with E-state index in [0.29, 0.717) is 17.8 Å². The fourth-order valence-electron chi connectivity index (χ4n) is 1.57. The minimum absolute atomic E-state index is 0.177. The summed E-state index contributed by atoms with van der Waals surface area (Å²) in [5, 5.41) is 7.66. The maximum Gasteiger partial charge on any atom is 0.159 e. The Morgan fingerprint density at radius 2 is 2.11 bits per heavy atom. The average molecular weight is 272 g/mol. The number of benzene rings is 1. The average Bonchev–Trinajstić information content (AvgIpc) is 2.81. The van der Waals surface area contributed by atoms with E-state index in [9.17, 15) is 8.78 Å². The van der Waals surface area contributed by atoms with E-state index in [-0.39, 0.29) is 5.38 Å². The Morgan fingerprint density at radius 3 is 2.78 bits per heavy atom. The third-order valence-electron chi connectivity index (χ3n) is 2.56. The van der Waals surface area contributed by atoms with Crippen molar-refractivity contribution < 1.29 is 8.78 Å². The Bertz CT molecular complexity index is 542. The molecule has 0 aliphatic carbocycles. The highest BCUT2D eigenvalue weighted by atomic mass is 35.5. The van der Waals surface area contributed by atoms with Crippen LogP contribution in [-0.4, -0.2) is 15.0 Å². The van der Waals surface area contributed by atoms with Gasteiger partial charge in [-0.05, 0) is 24.1 Å². The standard InChI is InChI=1S/C12H12ClF2N3/c1-2-9(13)12-7-18(17-16-12)6-8-3-4-10(14)11(15)5-8/h3-5,7,9H,2,6H2,1H3. The molecule has 3 nitrogen and oxygen atoms in total. The van der Waals surface area contributed by atoms with Crippen molar-refractivity contribution in [1.29, 1.82) is 0 Å². The molecule has 18 heavy (non-hydrogen) atoms. The molecular formula is C12H12ClF2N3. The first-order valence-corrected chi connectivity index (χ1v) is 6.01. The Morgan fingerprint density at radius 1 is 1.33 bits per heavy atom. The van der Waals surface area contributed by atoms with Gasteiger partial charge in [0.05, 0.1) is 18.1 Å². The van der Waals surface area contributed by atoms with Gasteiger partial charge in [0.1, 0.15) is 5.69 Å². The molecule has 0 fully saturated rings. The first-order chi connectivity index (χ1) is 8.60. The van der Waals surface area contributed by atoms with Crippen molar-refractivity contribution in [2.75, 3.05) is 0 Å². The molecule has 0 bridgehead atoms. The fraction of sp³-hybridized carbons (Fsp3) is 0.333. The molecule has 1 aromatic heterocycles. The van der Waals surface area contributed by atoms with Crippen LogP contribution in [0.3, 0.4) is 0 Å². The van der Waals surface area contributed by atoms with E-state index in [1.807, 2.05) is 6.92 Å². The van der Waals surface area contributed by atoms with Crippen LogP contribution in [0.15, 0.2) is 24.4 Å². The highest BCUT2D eigenvalue weighted by Crippen LogP contribution is 2.21. The zero-order valence-corrected chi connectivity index (χ0v) is 10.5. The van der Waals surface area contributed by atoms with Crippen LogP contribution in [0, 0.1) is 11.6 Å². The van der Waals surface area contributed by atoms with Gasteiger partial charge >= 0.3 is 0 Å². The molecule has 96 valence electrons. The second kappa shape index (κ2) is 5.44. The first-order valence-electron chi connectivity index (χ1n) is 5.58. The molecule has 0 aliphatic heterocycles. The Balaban J connectivity index is 2.13. The van der Waals surface area contributed by atoms with E-state index in [4.69, 9.17) is 11.6 Å².